The molecular weight excluding hydrogens is 342 g/mol. The molecule has 11 nitrogen and oxygen atoms in total. The summed E-state index contributed by atoms with van der Waals surface area (Å²) in [4.78, 5) is 5.35. The molecule has 0 aromatic heterocycles. The van der Waals surface area contributed by atoms with Crippen molar-refractivity contribution in [1.82, 2.24) is 5.48 Å². The number of ether oxygens (including phenoxy) is 3. The predicted octanol–water partition coefficient (Wildman–Crippen LogP) is -4.21. The summed E-state index contributed by atoms with van der Waals surface area (Å²) in [6.45, 7) is 0.888. The Morgan fingerprint density at radius 1 is 0.920 bits per heavy atom. The van der Waals surface area contributed by atoms with E-state index in [-0.39, 0.29) is 18.6 Å². The van der Waals surface area contributed by atoms with E-state index in [0.29, 0.717) is 0 Å². The van der Waals surface area contributed by atoms with Gasteiger partial charge in [0.15, 0.2) is 12.6 Å². The van der Waals surface area contributed by atoms with Crippen molar-refractivity contribution >= 4 is 0 Å². The molecule has 3 aliphatic rings. The molecule has 7 N–H and O–H groups in total. The lowest BCUT2D eigenvalue weighted by molar-refractivity contribution is -0.349. The van der Waals surface area contributed by atoms with Crippen molar-refractivity contribution in [3.8, 4) is 0 Å². The molecule has 3 fully saturated rings. The van der Waals surface area contributed by atoms with Gasteiger partial charge in [0.1, 0.15) is 36.6 Å². The lowest BCUT2D eigenvalue weighted by Gasteiger charge is -2.45. The highest BCUT2D eigenvalue weighted by atomic mass is 16.7. The first-order valence-electron chi connectivity index (χ1n) is 8.20. The van der Waals surface area contributed by atoms with Crippen LogP contribution in [0.1, 0.15) is 6.92 Å². The van der Waals surface area contributed by atoms with Crippen LogP contribution in [0.4, 0.5) is 0 Å². The quantitative estimate of drug-likeness (QED) is 0.257. The van der Waals surface area contributed by atoms with Crippen LogP contribution in [0.2, 0.25) is 0 Å². The Bertz CT molecular complexity index is 453. The number of hydrogen-bond donors (Lipinski definition) is 7. The average Bonchev–Trinajstić information content (AvgIpc) is 2.99. The van der Waals surface area contributed by atoms with Gasteiger partial charge < -0.3 is 44.8 Å². The first-order chi connectivity index (χ1) is 11.9. The molecule has 0 amide bonds. The van der Waals surface area contributed by atoms with Crippen LogP contribution in [0, 0.1) is 5.92 Å². The molecule has 146 valence electrons. The molecule has 3 aliphatic heterocycles. The molecule has 25 heavy (non-hydrogen) atoms. The SMILES string of the molecule is CC1NOC2C(O)C(OC3C(CO)OC(O)C(O)C3O)OC(CO)C12. The minimum atomic E-state index is -1.68. The highest BCUT2D eigenvalue weighted by Crippen LogP contribution is 2.36. The molecule has 3 rings (SSSR count). The Hall–Kier alpha value is -0.440. The van der Waals surface area contributed by atoms with E-state index < -0.39 is 61.9 Å². The van der Waals surface area contributed by atoms with Gasteiger partial charge in [-0.25, -0.2) is 0 Å². The van der Waals surface area contributed by atoms with Gasteiger partial charge in [0.2, 0.25) is 0 Å². The molecule has 0 bridgehead atoms. The van der Waals surface area contributed by atoms with Crippen LogP contribution in [-0.4, -0.2) is 105 Å². The second-order valence-corrected chi connectivity index (χ2v) is 6.61. The molecule has 0 radical (unpaired) electrons. The van der Waals surface area contributed by atoms with Crippen molar-refractivity contribution in [1.29, 1.82) is 0 Å². The summed E-state index contributed by atoms with van der Waals surface area (Å²) in [5, 5.41) is 58.8. The number of aliphatic hydroxyl groups is 6. The molecule has 11 unspecified atom stereocenters. The predicted molar refractivity (Wildman–Crippen MR) is 77.6 cm³/mol. The molecule has 11 atom stereocenters. The van der Waals surface area contributed by atoms with Crippen LogP contribution >= 0.6 is 0 Å². The monoisotopic (exact) mass is 367 g/mol. The smallest absolute Gasteiger partial charge is 0.187 e. The highest BCUT2D eigenvalue weighted by Gasteiger charge is 2.54. The molecule has 11 heteroatoms. The summed E-state index contributed by atoms with van der Waals surface area (Å²) in [6.07, 6.45) is -11.3. The Morgan fingerprint density at radius 3 is 2.24 bits per heavy atom. The molecule has 3 saturated heterocycles. The van der Waals surface area contributed by atoms with Gasteiger partial charge in [0.05, 0.1) is 19.3 Å². The maximum atomic E-state index is 10.5. The fourth-order valence-corrected chi connectivity index (χ4v) is 3.62. The molecule has 0 spiro atoms. The van der Waals surface area contributed by atoms with Crippen LogP contribution in [0.5, 0.6) is 0 Å². The molecule has 0 saturated carbocycles. The van der Waals surface area contributed by atoms with Gasteiger partial charge in [-0.05, 0) is 6.92 Å². The number of aliphatic hydroxyl groups excluding tert-OH is 6. The second kappa shape index (κ2) is 7.66. The molecule has 0 aromatic carbocycles. The Balaban J connectivity index is 1.74. The van der Waals surface area contributed by atoms with E-state index in [1.807, 2.05) is 6.92 Å². The third-order valence-corrected chi connectivity index (χ3v) is 5.01. The Morgan fingerprint density at radius 2 is 1.60 bits per heavy atom. The Kier molecular flexibility index (Phi) is 5.92. The topological polar surface area (TPSA) is 170 Å². The van der Waals surface area contributed by atoms with Crippen molar-refractivity contribution in [2.45, 2.75) is 68.3 Å². The van der Waals surface area contributed by atoms with Crippen molar-refractivity contribution in [3.05, 3.63) is 0 Å². The number of hydroxylamine groups is 1. The third kappa shape index (κ3) is 3.42. The van der Waals surface area contributed by atoms with Crippen molar-refractivity contribution in [2.75, 3.05) is 13.2 Å². The zero-order valence-corrected chi connectivity index (χ0v) is 13.6. The van der Waals surface area contributed by atoms with Crippen molar-refractivity contribution in [3.63, 3.8) is 0 Å². The van der Waals surface area contributed by atoms with E-state index in [1.54, 1.807) is 0 Å². The van der Waals surface area contributed by atoms with Crippen LogP contribution in [0.25, 0.3) is 0 Å². The number of fused-ring (bicyclic) bond motifs is 1. The molecule has 3 heterocycles. The summed E-state index contributed by atoms with van der Waals surface area (Å²) >= 11 is 0. The number of nitrogens with one attached hydrogen (secondary N) is 1. The number of rotatable bonds is 4. The van der Waals surface area contributed by atoms with E-state index in [9.17, 15) is 30.6 Å². The first kappa shape index (κ1) is 19.3. The second-order valence-electron chi connectivity index (χ2n) is 6.61. The van der Waals surface area contributed by atoms with Gasteiger partial charge in [-0.1, -0.05) is 0 Å². The van der Waals surface area contributed by atoms with E-state index in [4.69, 9.17) is 19.0 Å². The average molecular weight is 367 g/mol. The zero-order chi connectivity index (χ0) is 18.3. The van der Waals surface area contributed by atoms with E-state index in [2.05, 4.69) is 5.48 Å². The summed E-state index contributed by atoms with van der Waals surface area (Å²) in [5.74, 6) is -0.312. The fourth-order valence-electron chi connectivity index (χ4n) is 3.62. The number of hydrogen-bond acceptors (Lipinski definition) is 11. The van der Waals surface area contributed by atoms with Gasteiger partial charge in [0.25, 0.3) is 0 Å². The fraction of sp³-hybridized carbons (Fsp3) is 1.00. The summed E-state index contributed by atoms with van der Waals surface area (Å²) in [5.41, 5.74) is 2.73. The van der Waals surface area contributed by atoms with Crippen LogP contribution in [-0.2, 0) is 19.0 Å². The van der Waals surface area contributed by atoms with Gasteiger partial charge in [0, 0.05) is 12.0 Å². The van der Waals surface area contributed by atoms with E-state index in [0.717, 1.165) is 0 Å². The molecule has 0 aromatic rings. The van der Waals surface area contributed by atoms with E-state index >= 15 is 0 Å². The third-order valence-electron chi connectivity index (χ3n) is 5.01. The van der Waals surface area contributed by atoms with Crippen molar-refractivity contribution < 1.29 is 49.7 Å². The molecule has 0 aliphatic carbocycles. The van der Waals surface area contributed by atoms with Crippen LogP contribution in [0.3, 0.4) is 0 Å². The van der Waals surface area contributed by atoms with Gasteiger partial charge in [-0.3, -0.25) is 4.84 Å². The van der Waals surface area contributed by atoms with Crippen LogP contribution in [0.15, 0.2) is 0 Å². The maximum Gasteiger partial charge on any atom is 0.187 e. The minimum absolute atomic E-state index is 0.163. The normalized spacial score (nSPS) is 53.6. The minimum Gasteiger partial charge on any atom is -0.394 e. The lowest BCUT2D eigenvalue weighted by Crippen LogP contribution is -2.63. The van der Waals surface area contributed by atoms with E-state index in [1.165, 1.54) is 0 Å². The van der Waals surface area contributed by atoms with Gasteiger partial charge in [-0.15, -0.1) is 0 Å². The Labute approximate surface area is 143 Å². The summed E-state index contributed by atoms with van der Waals surface area (Å²) in [6, 6.07) is -0.163. The zero-order valence-electron chi connectivity index (χ0n) is 13.6. The summed E-state index contributed by atoms with van der Waals surface area (Å²) in [7, 11) is 0. The highest BCUT2D eigenvalue weighted by molar-refractivity contribution is 4.98. The molecular formula is C14H25NO10. The van der Waals surface area contributed by atoms with Crippen LogP contribution < -0.4 is 5.48 Å². The van der Waals surface area contributed by atoms with Gasteiger partial charge >= 0.3 is 0 Å². The summed E-state index contributed by atoms with van der Waals surface area (Å²) < 4.78 is 16.2. The standard InChI is InChI=1S/C14H25NO10/c1-4-7-5(2-16)23-14(10(20)12(7)25-15-4)24-11-6(3-17)22-13(21)9(19)8(11)18/h4-21H,2-3H2,1H3. The largest absolute Gasteiger partial charge is 0.394 e. The first-order valence-corrected chi connectivity index (χ1v) is 8.20. The lowest BCUT2D eigenvalue weighted by atomic mass is 9.85. The van der Waals surface area contributed by atoms with Gasteiger partial charge in [-0.2, -0.15) is 5.48 Å². The van der Waals surface area contributed by atoms with Crippen molar-refractivity contribution in [2.24, 2.45) is 5.92 Å². The maximum absolute atomic E-state index is 10.5.